The molecule has 1 N–H and O–H groups in total. The van der Waals surface area contributed by atoms with Crippen LogP contribution in [0.5, 0.6) is 0 Å². The van der Waals surface area contributed by atoms with Crippen LogP contribution in [0.3, 0.4) is 0 Å². The fourth-order valence-electron chi connectivity index (χ4n) is 12.7. The molecule has 9 atom stereocenters. The molecule has 0 bridgehead atoms. The van der Waals surface area contributed by atoms with Gasteiger partial charge in [0.25, 0.3) is 0 Å². The van der Waals surface area contributed by atoms with Crippen molar-refractivity contribution < 1.29 is 24.2 Å². The highest BCUT2D eigenvalue weighted by atomic mass is 16.5. The fraction of sp³-hybridized carbons (Fsp3) is 0.947. The minimum absolute atomic E-state index is 0.0800. The first kappa shape index (κ1) is 34.2. The van der Waals surface area contributed by atoms with E-state index in [2.05, 4.69) is 46.6 Å². The summed E-state index contributed by atoms with van der Waals surface area (Å²) < 4.78 is 11.5. The van der Waals surface area contributed by atoms with Crippen LogP contribution >= 0.6 is 0 Å². The van der Waals surface area contributed by atoms with Gasteiger partial charge in [-0.2, -0.15) is 0 Å². The molecule has 5 aliphatic carbocycles. The van der Waals surface area contributed by atoms with Crippen LogP contribution in [0, 0.1) is 56.2 Å². The minimum atomic E-state index is -1.11. The highest BCUT2D eigenvalue weighted by molar-refractivity contribution is 5.81. The van der Waals surface area contributed by atoms with E-state index in [0.29, 0.717) is 28.1 Å². The maximum Gasteiger partial charge on any atom is 0.309 e. The summed E-state index contributed by atoms with van der Waals surface area (Å²) >= 11 is 0. The minimum Gasteiger partial charge on any atom is -0.481 e. The van der Waals surface area contributed by atoms with E-state index < -0.39 is 11.4 Å². The average molecular weight is 616 g/mol. The summed E-state index contributed by atoms with van der Waals surface area (Å²) in [5, 5.41) is 9.55. The van der Waals surface area contributed by atoms with E-state index in [9.17, 15) is 14.7 Å². The van der Waals surface area contributed by atoms with E-state index in [4.69, 9.17) is 9.47 Å². The topological polar surface area (TPSA) is 76.1 Å². The number of likely N-dealkylation sites (N-methyl/N-ethyl adjacent to an activating group) is 1. The average Bonchev–Trinajstić information content (AvgIpc) is 3.37. The number of carbonyl (C=O) groups excluding carboxylic acids is 1. The third-order valence-corrected chi connectivity index (χ3v) is 15.6. The first-order valence-electron chi connectivity index (χ1n) is 18.1. The van der Waals surface area contributed by atoms with E-state index in [0.717, 1.165) is 37.8 Å². The van der Waals surface area contributed by atoms with Crippen molar-refractivity contribution in [3.63, 3.8) is 0 Å². The second kappa shape index (κ2) is 11.8. The molecule has 0 spiro atoms. The van der Waals surface area contributed by atoms with Crippen LogP contribution in [0.1, 0.15) is 132 Å². The van der Waals surface area contributed by atoms with Crippen molar-refractivity contribution in [1.82, 2.24) is 4.90 Å². The Morgan fingerprint density at radius 1 is 0.841 bits per heavy atom. The maximum absolute atomic E-state index is 13.0. The van der Waals surface area contributed by atoms with Gasteiger partial charge in [-0.3, -0.25) is 9.59 Å². The van der Waals surface area contributed by atoms with Crippen LogP contribution in [0.4, 0.5) is 0 Å². The zero-order valence-corrected chi connectivity index (χ0v) is 29.7. The molecule has 0 aliphatic heterocycles. The number of fused-ring (bicyclic) bond motifs is 7. The van der Waals surface area contributed by atoms with Gasteiger partial charge in [-0.1, -0.05) is 41.0 Å². The molecule has 6 heteroatoms. The number of rotatable bonds is 10. The molecule has 44 heavy (non-hydrogen) atoms. The van der Waals surface area contributed by atoms with Gasteiger partial charge >= 0.3 is 11.9 Å². The van der Waals surface area contributed by atoms with Gasteiger partial charge in [-0.25, -0.2) is 0 Å². The van der Waals surface area contributed by atoms with E-state index in [1.807, 2.05) is 0 Å². The largest absolute Gasteiger partial charge is 0.481 e. The van der Waals surface area contributed by atoms with Crippen molar-refractivity contribution in [2.24, 2.45) is 56.2 Å². The summed E-state index contributed by atoms with van der Waals surface area (Å²) in [5.74, 6) is 1.61. The Morgan fingerprint density at radius 2 is 1.57 bits per heavy atom. The summed E-state index contributed by atoms with van der Waals surface area (Å²) in [4.78, 5) is 27.1. The van der Waals surface area contributed by atoms with Gasteiger partial charge in [-0.05, 0) is 143 Å². The van der Waals surface area contributed by atoms with E-state index >= 15 is 0 Å². The van der Waals surface area contributed by atoms with Crippen LogP contribution in [0.25, 0.3) is 0 Å². The first-order valence-corrected chi connectivity index (χ1v) is 18.1. The predicted molar refractivity (Wildman–Crippen MR) is 175 cm³/mol. The lowest BCUT2D eigenvalue weighted by molar-refractivity contribution is -0.249. The highest BCUT2D eigenvalue weighted by Gasteiger charge is 2.70. The van der Waals surface area contributed by atoms with E-state index in [-0.39, 0.29) is 29.3 Å². The normalized spacial score (nSPS) is 43.0. The van der Waals surface area contributed by atoms with Gasteiger partial charge in [0.2, 0.25) is 0 Å². The Labute approximate surface area is 268 Å². The Bertz CT molecular complexity index is 1090. The number of aliphatic carboxylic acids is 1. The highest BCUT2D eigenvalue weighted by Crippen LogP contribution is 2.77. The fourth-order valence-corrected chi connectivity index (χ4v) is 12.7. The Balaban J connectivity index is 1.33. The number of carboxylic acid groups (broad SMARTS) is 1. The molecule has 0 aromatic carbocycles. The molecule has 5 aliphatic rings. The number of hydrogen-bond donors (Lipinski definition) is 1. The molecule has 5 fully saturated rings. The lowest BCUT2D eigenvalue weighted by Crippen LogP contribution is -2.66. The van der Waals surface area contributed by atoms with Crippen molar-refractivity contribution in [2.75, 3.05) is 33.9 Å². The number of carbonyl (C=O) groups is 2. The zero-order valence-electron chi connectivity index (χ0n) is 29.7. The third kappa shape index (κ3) is 5.38. The van der Waals surface area contributed by atoms with Gasteiger partial charge in [0.05, 0.1) is 18.4 Å². The summed E-state index contributed by atoms with van der Waals surface area (Å²) in [6.07, 6.45) is 15.4. The molecule has 6 nitrogen and oxygen atoms in total. The summed E-state index contributed by atoms with van der Waals surface area (Å²) in [7, 11) is 4.07. The van der Waals surface area contributed by atoms with Crippen LogP contribution in [-0.2, 0) is 19.1 Å². The Morgan fingerprint density at radius 3 is 2.25 bits per heavy atom. The number of nitrogens with zero attached hydrogens (tertiary/aromatic N) is 1. The number of hydrogen-bond acceptors (Lipinski definition) is 5. The molecule has 0 aromatic rings. The SMILES string of the molecule is COCCN(C)CC[C@]12CCC[C@@H]1[C@H]1CCC3[C@@]4(C)CC[C@H](OC(=O)CC(C)(C)C(=O)O)C(C)(C)C4CC[C@@]3(C)[C@]1(C)CC2. The lowest BCUT2D eigenvalue weighted by atomic mass is 9.32. The van der Waals surface area contributed by atoms with Crippen LogP contribution in [-0.4, -0.2) is 61.9 Å². The Kier molecular flexibility index (Phi) is 9.20. The Hall–Kier alpha value is -1.14. The monoisotopic (exact) mass is 615 g/mol. The van der Waals surface area contributed by atoms with Crippen LogP contribution in [0.15, 0.2) is 0 Å². The van der Waals surface area contributed by atoms with Crippen LogP contribution in [0.2, 0.25) is 0 Å². The molecule has 0 aromatic heterocycles. The van der Waals surface area contributed by atoms with Crippen molar-refractivity contribution >= 4 is 11.9 Å². The van der Waals surface area contributed by atoms with Crippen molar-refractivity contribution in [3.05, 3.63) is 0 Å². The third-order valence-electron chi connectivity index (χ3n) is 15.6. The number of esters is 1. The van der Waals surface area contributed by atoms with Gasteiger partial charge in [-0.15, -0.1) is 0 Å². The van der Waals surface area contributed by atoms with Crippen molar-refractivity contribution in [2.45, 2.75) is 138 Å². The van der Waals surface area contributed by atoms with Crippen LogP contribution < -0.4 is 0 Å². The maximum atomic E-state index is 13.0. The summed E-state index contributed by atoms with van der Waals surface area (Å²) in [6, 6.07) is 0. The molecule has 5 saturated carbocycles. The van der Waals surface area contributed by atoms with E-state index in [1.54, 1.807) is 21.0 Å². The molecule has 252 valence electrons. The number of ether oxygens (including phenoxy) is 2. The smallest absolute Gasteiger partial charge is 0.309 e. The lowest BCUT2D eigenvalue weighted by Gasteiger charge is -2.72. The molecule has 0 amide bonds. The van der Waals surface area contributed by atoms with Gasteiger partial charge in [0.15, 0.2) is 0 Å². The molecule has 2 unspecified atom stereocenters. The van der Waals surface area contributed by atoms with Gasteiger partial charge in [0, 0.05) is 19.1 Å². The zero-order chi connectivity index (χ0) is 32.3. The van der Waals surface area contributed by atoms with Crippen molar-refractivity contribution in [1.29, 1.82) is 0 Å². The molecule has 5 rings (SSSR count). The summed E-state index contributed by atoms with van der Waals surface area (Å²) in [6.45, 7) is 19.0. The number of methoxy groups -OCH3 is 1. The van der Waals surface area contributed by atoms with Gasteiger partial charge < -0.3 is 19.5 Å². The molecule has 0 saturated heterocycles. The molecular weight excluding hydrogens is 550 g/mol. The van der Waals surface area contributed by atoms with Gasteiger partial charge in [0.1, 0.15) is 6.10 Å². The standard InChI is InChI=1S/C38H65NO5/c1-33(2,32(41)42)25-31(40)44-30-15-17-35(5)28(34(30,3)4)14-18-37(7)29(35)13-12-26-27-11-10-16-38(27,20-19-36(26,37)6)21-22-39(8)23-24-43-9/h26-30H,10-25H2,1-9H3,(H,41,42)/t26-,27-,28?,29?,30+,35+,36-,37-,38-/m1/s1. The number of carboxylic acids is 1. The predicted octanol–water partition coefficient (Wildman–Crippen LogP) is 8.22. The molecule has 0 radical (unpaired) electrons. The quantitative estimate of drug-likeness (QED) is 0.250. The second-order valence-electron chi connectivity index (χ2n) is 18.3. The summed E-state index contributed by atoms with van der Waals surface area (Å²) in [5.41, 5.74) is 0.270. The second-order valence-corrected chi connectivity index (χ2v) is 18.3. The molecule has 0 heterocycles. The first-order chi connectivity index (χ1) is 20.5. The molecular formula is C38H65NO5. The van der Waals surface area contributed by atoms with E-state index in [1.165, 1.54) is 70.8 Å². The van der Waals surface area contributed by atoms with Crippen molar-refractivity contribution in [3.8, 4) is 0 Å².